The number of esters is 1. The fraction of sp³-hybridized carbons (Fsp3) is 0.486. The number of carbonyl (C=O) groups excluding carboxylic acids is 2. The molecule has 0 aliphatic carbocycles. The third-order valence-corrected chi connectivity index (χ3v) is 9.80. The van der Waals surface area contributed by atoms with E-state index < -0.39 is 41.2 Å². The van der Waals surface area contributed by atoms with Gasteiger partial charge in [-0.25, -0.2) is 24.1 Å². The highest BCUT2D eigenvalue weighted by Gasteiger charge is 2.48. The Labute approximate surface area is 294 Å². The topological polar surface area (TPSA) is 120 Å². The Morgan fingerprint density at radius 2 is 1.96 bits per heavy atom. The highest BCUT2D eigenvalue weighted by molar-refractivity contribution is 6.30. The van der Waals surface area contributed by atoms with E-state index in [9.17, 15) is 9.59 Å². The minimum atomic E-state index is -1.87. The van der Waals surface area contributed by atoms with Gasteiger partial charge in [-0.05, 0) is 39.0 Å². The number of benzene rings is 1. The molecule has 0 N–H and O–H groups in total. The molecule has 264 valence electrons. The fourth-order valence-corrected chi connectivity index (χ4v) is 7.28. The molecule has 1 aromatic carbocycles. The predicted molar refractivity (Wildman–Crippen MR) is 186 cm³/mol. The van der Waals surface area contributed by atoms with Gasteiger partial charge >= 0.3 is 5.97 Å². The average Bonchev–Trinajstić information content (AvgIpc) is 3.66. The van der Waals surface area contributed by atoms with Crippen molar-refractivity contribution in [3.63, 3.8) is 0 Å². The minimum absolute atomic E-state index is 0.0446. The molecule has 50 heavy (non-hydrogen) atoms. The second-order valence-electron chi connectivity index (χ2n) is 14.5. The summed E-state index contributed by atoms with van der Waals surface area (Å²) < 4.78 is 42.0. The van der Waals surface area contributed by atoms with Crippen molar-refractivity contribution in [3.05, 3.63) is 65.1 Å². The van der Waals surface area contributed by atoms with Crippen molar-refractivity contribution in [3.8, 4) is 5.88 Å². The van der Waals surface area contributed by atoms with Crippen molar-refractivity contribution in [1.82, 2.24) is 19.9 Å². The Bertz CT molecular complexity index is 1980. The maximum absolute atomic E-state index is 17.3. The molecule has 2 fully saturated rings. The zero-order valence-electron chi connectivity index (χ0n) is 28.8. The molecule has 8 rings (SSSR count). The van der Waals surface area contributed by atoms with E-state index in [2.05, 4.69) is 4.98 Å². The molecule has 5 atom stereocenters. The first kappa shape index (κ1) is 34.2. The number of halogens is 2. The number of carbonyl (C=O) groups is 2. The van der Waals surface area contributed by atoms with Crippen LogP contribution in [0.5, 0.6) is 5.88 Å². The maximum atomic E-state index is 17.3. The molecular formula is C37H41ClFN5O6. The summed E-state index contributed by atoms with van der Waals surface area (Å²) in [5.74, 6) is -0.689. The van der Waals surface area contributed by atoms with Crippen LogP contribution in [0.4, 0.5) is 10.2 Å². The number of piperidine rings is 1. The second kappa shape index (κ2) is 13.1. The van der Waals surface area contributed by atoms with E-state index in [4.69, 9.17) is 40.2 Å². The SMILES string of the molecule is CC1C=CCOCc2nc(c3oc4ccccc4c3n2)N2C[C@H](C[C@H]2C(=O)OC(C)(C)C)Oc2ncc(Cl)cc2[C@@]2(F)CCN(C[C@@H]2C)C1=O. The zero-order valence-corrected chi connectivity index (χ0v) is 29.6. The van der Waals surface area contributed by atoms with E-state index in [1.165, 1.54) is 6.20 Å². The van der Waals surface area contributed by atoms with Crippen LogP contribution >= 0.6 is 11.6 Å². The maximum Gasteiger partial charge on any atom is 0.329 e. The number of aromatic nitrogens is 3. The number of hydrogen-bond donors (Lipinski definition) is 0. The van der Waals surface area contributed by atoms with Crippen LogP contribution in [0.15, 0.2) is 53.1 Å². The van der Waals surface area contributed by atoms with Crippen LogP contribution in [0.25, 0.3) is 22.1 Å². The number of nitrogens with zero attached hydrogens (tertiary/aromatic N) is 5. The Morgan fingerprint density at radius 3 is 2.74 bits per heavy atom. The average molecular weight is 706 g/mol. The lowest BCUT2D eigenvalue weighted by atomic mass is 9.78. The molecule has 4 aromatic rings. The van der Waals surface area contributed by atoms with Crippen molar-refractivity contribution in [2.45, 2.75) is 77.5 Å². The monoisotopic (exact) mass is 705 g/mol. The Kier molecular flexibility index (Phi) is 8.96. The number of ether oxygens (including phenoxy) is 3. The molecule has 11 nitrogen and oxygen atoms in total. The summed E-state index contributed by atoms with van der Waals surface area (Å²) in [7, 11) is 0. The van der Waals surface area contributed by atoms with Gasteiger partial charge in [0, 0.05) is 43.4 Å². The molecule has 1 unspecified atom stereocenters. The normalized spacial score (nSPS) is 26.3. The second-order valence-corrected chi connectivity index (χ2v) is 14.9. The summed E-state index contributed by atoms with van der Waals surface area (Å²) in [5.41, 5.74) is -0.802. The third kappa shape index (κ3) is 6.51. The highest BCUT2D eigenvalue weighted by Crippen LogP contribution is 2.46. The zero-order chi connectivity index (χ0) is 35.4. The molecule has 7 heterocycles. The summed E-state index contributed by atoms with van der Waals surface area (Å²) in [4.78, 5) is 44.9. The van der Waals surface area contributed by atoms with Gasteiger partial charge in [-0.3, -0.25) is 4.79 Å². The largest absolute Gasteiger partial charge is 0.472 e. The van der Waals surface area contributed by atoms with Gasteiger partial charge in [0.1, 0.15) is 41.1 Å². The lowest BCUT2D eigenvalue weighted by molar-refractivity contribution is -0.156. The van der Waals surface area contributed by atoms with Crippen LogP contribution in [0, 0.1) is 11.8 Å². The number of pyridine rings is 1. The number of hydrogen-bond acceptors (Lipinski definition) is 10. The van der Waals surface area contributed by atoms with Crippen molar-refractivity contribution in [1.29, 1.82) is 0 Å². The van der Waals surface area contributed by atoms with Crippen LogP contribution in [-0.4, -0.2) is 75.7 Å². The quantitative estimate of drug-likeness (QED) is 0.159. The number of amides is 1. The van der Waals surface area contributed by atoms with Crippen molar-refractivity contribution in [2.75, 3.05) is 31.1 Å². The molecule has 2 saturated heterocycles. The summed E-state index contributed by atoms with van der Waals surface area (Å²) >= 11 is 6.41. The fourth-order valence-electron chi connectivity index (χ4n) is 7.13. The number of rotatable bonds is 1. The molecule has 6 bridgehead atoms. The van der Waals surface area contributed by atoms with Crippen LogP contribution in [0.2, 0.25) is 5.02 Å². The first-order chi connectivity index (χ1) is 23.8. The highest BCUT2D eigenvalue weighted by atomic mass is 35.5. The van der Waals surface area contributed by atoms with Crippen molar-refractivity contribution in [2.24, 2.45) is 11.8 Å². The first-order valence-corrected chi connectivity index (χ1v) is 17.4. The van der Waals surface area contributed by atoms with Gasteiger partial charge in [0.05, 0.1) is 29.7 Å². The number of para-hydroxylation sites is 1. The van der Waals surface area contributed by atoms with Crippen LogP contribution in [0.3, 0.4) is 0 Å². The van der Waals surface area contributed by atoms with Gasteiger partial charge < -0.3 is 28.4 Å². The predicted octanol–water partition coefficient (Wildman–Crippen LogP) is 6.55. The van der Waals surface area contributed by atoms with Crippen molar-refractivity contribution >= 4 is 51.4 Å². The first-order valence-electron chi connectivity index (χ1n) is 17.0. The van der Waals surface area contributed by atoms with Gasteiger partial charge in [0.25, 0.3) is 0 Å². The van der Waals surface area contributed by atoms with Crippen LogP contribution < -0.4 is 9.64 Å². The smallest absolute Gasteiger partial charge is 0.329 e. The Balaban J connectivity index is 1.35. The minimum Gasteiger partial charge on any atom is -0.472 e. The lowest BCUT2D eigenvalue weighted by Gasteiger charge is -2.42. The Hall–Kier alpha value is -4.29. The summed E-state index contributed by atoms with van der Waals surface area (Å²) in [6.45, 7) is 9.95. The van der Waals surface area contributed by atoms with Gasteiger partial charge in [0.15, 0.2) is 17.2 Å². The van der Waals surface area contributed by atoms with E-state index in [0.29, 0.717) is 28.3 Å². The van der Waals surface area contributed by atoms with E-state index in [1.54, 1.807) is 30.0 Å². The summed E-state index contributed by atoms with van der Waals surface area (Å²) in [6.07, 6.45) is 4.65. The summed E-state index contributed by atoms with van der Waals surface area (Å²) in [6, 6.07) is 8.28. The van der Waals surface area contributed by atoms with E-state index in [0.717, 1.165) is 5.39 Å². The number of fused-ring (bicyclic) bond motifs is 10. The molecule has 4 aliphatic heterocycles. The van der Waals surface area contributed by atoms with Crippen molar-refractivity contribution < 1.29 is 32.6 Å². The van der Waals surface area contributed by atoms with Gasteiger partial charge in [-0.1, -0.05) is 49.7 Å². The third-order valence-electron chi connectivity index (χ3n) is 9.60. The van der Waals surface area contributed by atoms with Gasteiger partial charge in [-0.15, -0.1) is 0 Å². The molecule has 3 aromatic heterocycles. The van der Waals surface area contributed by atoms with Gasteiger partial charge in [0.2, 0.25) is 11.8 Å². The standard InChI is InChI=1S/C37H41ClFN5O6/c1-21-9-8-14-47-20-29-41-30-25-10-6-7-11-28(25)49-31(30)32(42-29)44-19-24(16-27(44)35(46)50-36(3,4)5)48-33-26(15-23(38)17-40-33)37(39)12-13-43(34(21)45)18-22(37)2/h6-11,15,17,21-22,24,27H,12-14,16,18-20H2,1-5H3/t21?,22-,24-,27-,37+/m0/s1. The molecule has 0 radical (unpaired) electrons. The molecule has 13 heteroatoms. The van der Waals surface area contributed by atoms with Gasteiger partial charge in [-0.2, -0.15) is 0 Å². The van der Waals surface area contributed by atoms with E-state index in [1.807, 2.05) is 56.9 Å². The molecule has 1 amide bonds. The number of furan rings is 1. The number of alkyl halides is 1. The van der Waals surface area contributed by atoms with Crippen LogP contribution in [0.1, 0.15) is 58.8 Å². The number of anilines is 1. The molecule has 0 spiro atoms. The summed E-state index contributed by atoms with van der Waals surface area (Å²) in [5, 5.41) is 1.06. The molecular weight excluding hydrogens is 665 g/mol. The van der Waals surface area contributed by atoms with E-state index in [-0.39, 0.29) is 68.1 Å². The molecule has 0 saturated carbocycles. The lowest BCUT2D eigenvalue weighted by Crippen LogP contribution is -2.50. The molecule has 4 aliphatic rings. The Morgan fingerprint density at radius 1 is 1.16 bits per heavy atom. The van der Waals surface area contributed by atoms with Crippen LogP contribution in [-0.2, 0) is 31.3 Å². The van der Waals surface area contributed by atoms with E-state index >= 15 is 4.39 Å².